The number of ether oxygens (including phenoxy) is 1. The van der Waals surface area contributed by atoms with Gasteiger partial charge in [0, 0.05) is 18.7 Å². The molecule has 22 heavy (non-hydrogen) atoms. The fourth-order valence-corrected chi connectivity index (χ4v) is 1.85. The van der Waals surface area contributed by atoms with Crippen LogP contribution in [0.1, 0.15) is 37.0 Å². The van der Waals surface area contributed by atoms with Crippen LogP contribution in [0.3, 0.4) is 0 Å². The van der Waals surface area contributed by atoms with Crippen molar-refractivity contribution >= 4 is 5.91 Å². The molecule has 118 valence electrons. The van der Waals surface area contributed by atoms with Crippen LogP contribution in [0.5, 0.6) is 5.75 Å². The molecule has 1 aromatic heterocycles. The number of amides is 1. The summed E-state index contributed by atoms with van der Waals surface area (Å²) in [5.74, 6) is 1.58. The third-order valence-corrected chi connectivity index (χ3v) is 3.04. The van der Waals surface area contributed by atoms with Crippen molar-refractivity contribution < 1.29 is 9.53 Å². The third-order valence-electron chi connectivity index (χ3n) is 3.04. The van der Waals surface area contributed by atoms with Crippen LogP contribution in [0.4, 0.5) is 0 Å². The molecule has 0 bridgehead atoms. The van der Waals surface area contributed by atoms with Crippen LogP contribution in [0, 0.1) is 5.92 Å². The van der Waals surface area contributed by atoms with E-state index in [9.17, 15) is 4.79 Å². The highest BCUT2D eigenvalue weighted by atomic mass is 16.5. The van der Waals surface area contributed by atoms with Crippen molar-refractivity contribution in [3.8, 4) is 5.75 Å². The summed E-state index contributed by atoms with van der Waals surface area (Å²) in [5, 5.41) is 14.2. The minimum atomic E-state index is -0.0995. The molecule has 0 unspecified atom stereocenters. The van der Waals surface area contributed by atoms with E-state index in [1.165, 1.54) is 0 Å². The quantitative estimate of drug-likeness (QED) is 0.841. The highest BCUT2D eigenvalue weighted by Crippen LogP contribution is 2.14. The Morgan fingerprint density at radius 2 is 2.23 bits per heavy atom. The maximum Gasteiger partial charge on any atom is 0.251 e. The summed E-state index contributed by atoms with van der Waals surface area (Å²) in [6.45, 7) is 7.66. The first kappa shape index (κ1) is 15.9. The van der Waals surface area contributed by atoms with Gasteiger partial charge < -0.3 is 10.1 Å². The third kappa shape index (κ3) is 4.28. The molecule has 0 aliphatic heterocycles. The molecule has 0 radical (unpaired) electrons. The summed E-state index contributed by atoms with van der Waals surface area (Å²) in [7, 11) is 0. The molecule has 0 atom stereocenters. The Morgan fingerprint density at radius 1 is 1.41 bits per heavy atom. The number of nitrogens with zero attached hydrogens (tertiary/aromatic N) is 4. The number of nitrogens with one attached hydrogen (secondary N) is 1. The summed E-state index contributed by atoms with van der Waals surface area (Å²) in [6, 6.07) is 7.08. The first-order chi connectivity index (χ1) is 10.6. The van der Waals surface area contributed by atoms with E-state index >= 15 is 0 Å². The minimum Gasteiger partial charge on any atom is -0.486 e. The van der Waals surface area contributed by atoms with Gasteiger partial charge in [-0.25, -0.2) is 4.68 Å². The van der Waals surface area contributed by atoms with Crippen LogP contribution in [0.2, 0.25) is 0 Å². The predicted molar refractivity (Wildman–Crippen MR) is 81.4 cm³/mol. The fraction of sp³-hybridized carbons (Fsp3) is 0.467. The largest absolute Gasteiger partial charge is 0.486 e. The molecule has 1 heterocycles. The maximum absolute atomic E-state index is 12.0. The Bertz CT molecular complexity index is 624. The summed E-state index contributed by atoms with van der Waals surface area (Å²) in [5.41, 5.74) is 0.577. The number of tetrazole rings is 1. The number of benzene rings is 1. The average molecular weight is 303 g/mol. The molecule has 1 amide bonds. The van der Waals surface area contributed by atoms with Crippen molar-refractivity contribution in [3.63, 3.8) is 0 Å². The van der Waals surface area contributed by atoms with Crippen LogP contribution in [0.25, 0.3) is 0 Å². The van der Waals surface area contributed by atoms with Gasteiger partial charge in [0.05, 0.1) is 0 Å². The molecule has 1 N–H and O–H groups in total. The number of hydrogen-bond donors (Lipinski definition) is 1. The average Bonchev–Trinajstić information content (AvgIpc) is 2.98. The van der Waals surface area contributed by atoms with E-state index in [2.05, 4.69) is 34.7 Å². The van der Waals surface area contributed by atoms with Gasteiger partial charge in [0.15, 0.2) is 5.82 Å². The zero-order valence-electron chi connectivity index (χ0n) is 13.1. The van der Waals surface area contributed by atoms with Gasteiger partial charge in [0.25, 0.3) is 5.91 Å². The number of hydrogen-bond acceptors (Lipinski definition) is 5. The van der Waals surface area contributed by atoms with Gasteiger partial charge in [-0.3, -0.25) is 4.79 Å². The number of rotatable bonds is 7. The van der Waals surface area contributed by atoms with E-state index in [1.54, 1.807) is 28.9 Å². The molecule has 0 saturated carbocycles. The molecule has 7 heteroatoms. The Hall–Kier alpha value is -2.44. The molecule has 7 nitrogen and oxygen atoms in total. The SMILES string of the molecule is CCn1nnnc1COc1cccc(C(=O)NCC(C)C)c1. The number of carbonyl (C=O) groups excluding carboxylic acids is 1. The van der Waals surface area contributed by atoms with Crippen molar-refractivity contribution in [1.29, 1.82) is 0 Å². The van der Waals surface area contributed by atoms with E-state index in [4.69, 9.17) is 4.74 Å². The van der Waals surface area contributed by atoms with Crippen molar-refractivity contribution in [2.24, 2.45) is 5.92 Å². The van der Waals surface area contributed by atoms with Gasteiger partial charge in [-0.15, -0.1) is 5.10 Å². The van der Waals surface area contributed by atoms with Crippen LogP contribution < -0.4 is 10.1 Å². The smallest absolute Gasteiger partial charge is 0.251 e. The Balaban J connectivity index is 1.98. The number of aryl methyl sites for hydroxylation is 1. The molecule has 0 saturated heterocycles. The molecule has 2 aromatic rings. The van der Waals surface area contributed by atoms with Gasteiger partial charge in [-0.1, -0.05) is 19.9 Å². The maximum atomic E-state index is 12.0. The standard InChI is InChI=1S/C15H21N5O2/c1-4-20-14(17-18-19-20)10-22-13-7-5-6-12(8-13)15(21)16-9-11(2)3/h5-8,11H,4,9-10H2,1-3H3,(H,16,21). The summed E-state index contributed by atoms with van der Waals surface area (Å²) in [4.78, 5) is 12.0. The predicted octanol–water partition coefficient (Wildman–Crippen LogP) is 1.66. The Labute approximate surface area is 129 Å². The summed E-state index contributed by atoms with van der Waals surface area (Å²) < 4.78 is 7.33. The van der Waals surface area contributed by atoms with Gasteiger partial charge in [-0.05, 0) is 41.5 Å². The van der Waals surface area contributed by atoms with E-state index in [0.717, 1.165) is 0 Å². The highest BCUT2D eigenvalue weighted by molar-refractivity contribution is 5.94. The monoisotopic (exact) mass is 303 g/mol. The van der Waals surface area contributed by atoms with Crippen molar-refractivity contribution in [2.45, 2.75) is 33.9 Å². The lowest BCUT2D eigenvalue weighted by atomic mass is 10.2. The number of aromatic nitrogens is 4. The zero-order chi connectivity index (χ0) is 15.9. The van der Waals surface area contributed by atoms with E-state index in [1.807, 2.05) is 6.92 Å². The highest BCUT2D eigenvalue weighted by Gasteiger charge is 2.09. The van der Waals surface area contributed by atoms with Gasteiger partial charge in [-0.2, -0.15) is 0 Å². The second-order valence-electron chi connectivity index (χ2n) is 5.33. The van der Waals surface area contributed by atoms with Gasteiger partial charge >= 0.3 is 0 Å². The topological polar surface area (TPSA) is 81.9 Å². The molecular formula is C15H21N5O2. The van der Waals surface area contributed by atoms with Gasteiger partial charge in [0.2, 0.25) is 0 Å². The van der Waals surface area contributed by atoms with E-state index in [0.29, 0.717) is 36.1 Å². The first-order valence-electron chi connectivity index (χ1n) is 7.36. The molecule has 0 spiro atoms. The van der Waals surface area contributed by atoms with Crippen molar-refractivity contribution in [1.82, 2.24) is 25.5 Å². The molecule has 0 aliphatic rings. The van der Waals surface area contributed by atoms with Gasteiger partial charge in [0.1, 0.15) is 12.4 Å². The summed E-state index contributed by atoms with van der Waals surface area (Å²) >= 11 is 0. The van der Waals surface area contributed by atoms with Crippen LogP contribution in [-0.2, 0) is 13.2 Å². The lowest BCUT2D eigenvalue weighted by Crippen LogP contribution is -2.27. The second kappa shape index (κ2) is 7.53. The van der Waals surface area contributed by atoms with Crippen LogP contribution in [-0.4, -0.2) is 32.7 Å². The number of carbonyl (C=O) groups is 1. The molecule has 0 fully saturated rings. The second-order valence-corrected chi connectivity index (χ2v) is 5.33. The van der Waals surface area contributed by atoms with E-state index in [-0.39, 0.29) is 12.5 Å². The molecule has 2 rings (SSSR count). The van der Waals surface area contributed by atoms with Crippen LogP contribution in [0.15, 0.2) is 24.3 Å². The van der Waals surface area contributed by atoms with E-state index < -0.39 is 0 Å². The zero-order valence-corrected chi connectivity index (χ0v) is 13.1. The minimum absolute atomic E-state index is 0.0995. The van der Waals surface area contributed by atoms with Crippen LogP contribution >= 0.6 is 0 Å². The molecular weight excluding hydrogens is 282 g/mol. The normalized spacial score (nSPS) is 10.7. The Morgan fingerprint density at radius 3 is 2.95 bits per heavy atom. The Kier molecular flexibility index (Phi) is 5.46. The first-order valence-corrected chi connectivity index (χ1v) is 7.36. The molecule has 1 aromatic carbocycles. The van der Waals surface area contributed by atoms with Crippen molar-refractivity contribution in [2.75, 3.05) is 6.54 Å². The fourth-order valence-electron chi connectivity index (χ4n) is 1.85. The van der Waals surface area contributed by atoms with Crippen molar-refractivity contribution in [3.05, 3.63) is 35.7 Å². The lowest BCUT2D eigenvalue weighted by molar-refractivity contribution is 0.0948. The summed E-state index contributed by atoms with van der Waals surface area (Å²) in [6.07, 6.45) is 0. The lowest BCUT2D eigenvalue weighted by Gasteiger charge is -2.09. The molecule has 0 aliphatic carbocycles.